The molecule has 1 unspecified atom stereocenters. The van der Waals surface area contributed by atoms with Gasteiger partial charge in [-0.1, -0.05) is 12.0 Å². The third-order valence-corrected chi connectivity index (χ3v) is 1.81. The molecule has 0 fully saturated rings. The first kappa shape index (κ1) is 11.2. The molecule has 0 aliphatic heterocycles. The van der Waals surface area contributed by atoms with Crippen LogP contribution in [0.2, 0.25) is 0 Å². The first-order chi connectivity index (χ1) is 7.19. The maximum absolute atomic E-state index is 12.8. The number of terminal acetylenes is 1. The summed E-state index contributed by atoms with van der Waals surface area (Å²) in [6, 6.07) is 4.48. The van der Waals surface area contributed by atoms with Crippen LogP contribution < -0.4 is 5.32 Å². The van der Waals surface area contributed by atoms with Crippen molar-refractivity contribution in [3.8, 4) is 18.4 Å². The zero-order valence-electron chi connectivity index (χ0n) is 7.80. The van der Waals surface area contributed by atoms with E-state index in [4.69, 9.17) is 11.7 Å². The molecular weight excluding hydrogens is 198 g/mol. The number of halogens is 2. The van der Waals surface area contributed by atoms with Crippen molar-refractivity contribution in [3.63, 3.8) is 0 Å². The van der Waals surface area contributed by atoms with Crippen LogP contribution in [-0.4, -0.2) is 6.54 Å². The second-order valence-corrected chi connectivity index (χ2v) is 2.82. The molecule has 2 nitrogen and oxygen atoms in total. The first-order valence-electron chi connectivity index (χ1n) is 4.20. The van der Waals surface area contributed by atoms with Gasteiger partial charge in [0.1, 0.15) is 6.04 Å². The molecule has 1 atom stereocenters. The van der Waals surface area contributed by atoms with E-state index in [2.05, 4.69) is 11.2 Å². The summed E-state index contributed by atoms with van der Waals surface area (Å²) in [5.41, 5.74) is 0.353. The summed E-state index contributed by atoms with van der Waals surface area (Å²) in [6.45, 7) is 0.192. The lowest BCUT2D eigenvalue weighted by molar-refractivity contribution is 0.505. The van der Waals surface area contributed by atoms with Gasteiger partial charge in [-0.25, -0.2) is 8.78 Å². The van der Waals surface area contributed by atoms with E-state index in [1.165, 1.54) is 6.07 Å². The number of nitrogens with zero attached hydrogens (tertiary/aromatic N) is 1. The van der Waals surface area contributed by atoms with E-state index in [1.807, 2.05) is 6.07 Å². The van der Waals surface area contributed by atoms with Crippen molar-refractivity contribution in [3.05, 3.63) is 35.4 Å². The number of hydrogen-bond acceptors (Lipinski definition) is 2. The van der Waals surface area contributed by atoms with Gasteiger partial charge in [0, 0.05) is 0 Å². The molecule has 0 saturated carbocycles. The van der Waals surface area contributed by atoms with Gasteiger partial charge >= 0.3 is 0 Å². The lowest BCUT2D eigenvalue weighted by Gasteiger charge is -2.09. The van der Waals surface area contributed by atoms with Crippen LogP contribution in [0, 0.1) is 35.3 Å². The Bertz CT molecular complexity index is 429. The Kier molecular flexibility index (Phi) is 3.79. The van der Waals surface area contributed by atoms with Gasteiger partial charge in [0.05, 0.1) is 12.6 Å². The SMILES string of the molecule is C#CCNC(C#N)c1ccc(F)c(F)c1. The fourth-order valence-corrected chi connectivity index (χ4v) is 1.09. The molecule has 0 radical (unpaired) electrons. The maximum Gasteiger partial charge on any atom is 0.159 e. The van der Waals surface area contributed by atoms with Crippen LogP contribution in [0.25, 0.3) is 0 Å². The van der Waals surface area contributed by atoms with Crippen LogP contribution in [0.15, 0.2) is 18.2 Å². The molecule has 1 rings (SSSR count). The molecule has 0 amide bonds. The standard InChI is InChI=1S/C11H8F2N2/c1-2-5-15-11(7-14)8-3-4-9(12)10(13)6-8/h1,3-4,6,11,15H,5H2. The third kappa shape index (κ3) is 2.77. The third-order valence-electron chi connectivity index (χ3n) is 1.81. The number of benzene rings is 1. The molecular formula is C11H8F2N2. The fraction of sp³-hybridized carbons (Fsp3) is 0.182. The normalized spacial score (nSPS) is 11.5. The minimum absolute atomic E-state index is 0.192. The zero-order chi connectivity index (χ0) is 11.3. The largest absolute Gasteiger partial charge is 0.287 e. The van der Waals surface area contributed by atoms with Gasteiger partial charge in [-0.3, -0.25) is 5.32 Å². The molecule has 0 aliphatic rings. The fourth-order valence-electron chi connectivity index (χ4n) is 1.09. The minimum Gasteiger partial charge on any atom is -0.287 e. The van der Waals surface area contributed by atoms with Gasteiger partial charge in [-0.05, 0) is 17.7 Å². The average molecular weight is 206 g/mol. The lowest BCUT2D eigenvalue weighted by Crippen LogP contribution is -2.20. The lowest BCUT2D eigenvalue weighted by atomic mass is 10.1. The Hall–Kier alpha value is -1.91. The molecule has 1 aromatic carbocycles. The van der Waals surface area contributed by atoms with E-state index in [0.29, 0.717) is 5.56 Å². The molecule has 1 aromatic rings. The number of rotatable bonds is 3. The maximum atomic E-state index is 12.8. The van der Waals surface area contributed by atoms with Gasteiger partial charge < -0.3 is 0 Å². The Morgan fingerprint density at radius 2 is 2.13 bits per heavy atom. The van der Waals surface area contributed by atoms with Crippen LogP contribution in [0.5, 0.6) is 0 Å². The summed E-state index contributed by atoms with van der Waals surface area (Å²) < 4.78 is 25.5. The van der Waals surface area contributed by atoms with E-state index in [9.17, 15) is 8.78 Å². The molecule has 4 heteroatoms. The van der Waals surface area contributed by atoms with E-state index < -0.39 is 17.7 Å². The van der Waals surface area contributed by atoms with E-state index in [-0.39, 0.29) is 6.54 Å². The highest BCUT2D eigenvalue weighted by Crippen LogP contribution is 2.15. The van der Waals surface area contributed by atoms with Crippen LogP contribution in [0.3, 0.4) is 0 Å². The summed E-state index contributed by atoms with van der Waals surface area (Å²) in [5, 5.41) is 11.5. The highest BCUT2D eigenvalue weighted by atomic mass is 19.2. The smallest absolute Gasteiger partial charge is 0.159 e. The van der Waals surface area contributed by atoms with Crippen molar-refractivity contribution in [1.29, 1.82) is 5.26 Å². The van der Waals surface area contributed by atoms with Crippen molar-refractivity contribution in [1.82, 2.24) is 5.32 Å². The summed E-state index contributed by atoms with van der Waals surface area (Å²) in [6.07, 6.45) is 5.01. The molecule has 0 bridgehead atoms. The summed E-state index contributed by atoms with van der Waals surface area (Å²) in [7, 11) is 0. The average Bonchev–Trinajstić information content (AvgIpc) is 2.24. The quantitative estimate of drug-likeness (QED) is 0.765. The molecule has 0 aromatic heterocycles. The second-order valence-electron chi connectivity index (χ2n) is 2.82. The van der Waals surface area contributed by atoms with Crippen molar-refractivity contribution in [2.75, 3.05) is 6.54 Å². The highest BCUT2D eigenvalue weighted by molar-refractivity contribution is 5.25. The van der Waals surface area contributed by atoms with Crippen molar-refractivity contribution < 1.29 is 8.78 Å². The van der Waals surface area contributed by atoms with Gasteiger partial charge in [0.2, 0.25) is 0 Å². The molecule has 0 heterocycles. The van der Waals surface area contributed by atoms with E-state index in [1.54, 1.807) is 0 Å². The minimum atomic E-state index is -0.977. The van der Waals surface area contributed by atoms with Crippen LogP contribution in [0.4, 0.5) is 8.78 Å². The second kappa shape index (κ2) is 5.09. The number of hydrogen-bond donors (Lipinski definition) is 1. The van der Waals surface area contributed by atoms with Crippen LogP contribution in [-0.2, 0) is 0 Å². The predicted molar refractivity (Wildman–Crippen MR) is 51.5 cm³/mol. The number of nitriles is 1. The summed E-state index contributed by atoms with van der Waals surface area (Å²) in [5.74, 6) is 0.384. The number of nitrogens with one attached hydrogen (secondary N) is 1. The molecule has 76 valence electrons. The van der Waals surface area contributed by atoms with Gasteiger partial charge in [0.25, 0.3) is 0 Å². The van der Waals surface area contributed by atoms with Crippen molar-refractivity contribution in [2.24, 2.45) is 0 Å². The Morgan fingerprint density at radius 3 is 2.67 bits per heavy atom. The van der Waals surface area contributed by atoms with Gasteiger partial charge in [-0.15, -0.1) is 6.42 Å². The molecule has 15 heavy (non-hydrogen) atoms. The van der Waals surface area contributed by atoms with Gasteiger partial charge in [-0.2, -0.15) is 5.26 Å². The highest BCUT2D eigenvalue weighted by Gasteiger charge is 2.11. The Balaban J connectivity index is 2.89. The van der Waals surface area contributed by atoms with Crippen molar-refractivity contribution >= 4 is 0 Å². The Morgan fingerprint density at radius 1 is 1.40 bits per heavy atom. The van der Waals surface area contributed by atoms with Crippen LogP contribution in [0.1, 0.15) is 11.6 Å². The molecule has 1 N–H and O–H groups in total. The van der Waals surface area contributed by atoms with Crippen LogP contribution >= 0.6 is 0 Å². The summed E-state index contributed by atoms with van der Waals surface area (Å²) >= 11 is 0. The van der Waals surface area contributed by atoms with E-state index >= 15 is 0 Å². The van der Waals surface area contributed by atoms with E-state index in [0.717, 1.165) is 12.1 Å². The van der Waals surface area contributed by atoms with Gasteiger partial charge in [0.15, 0.2) is 11.6 Å². The summed E-state index contributed by atoms with van der Waals surface area (Å²) in [4.78, 5) is 0. The predicted octanol–water partition coefficient (Wildman–Crippen LogP) is 1.75. The first-order valence-corrected chi connectivity index (χ1v) is 4.20. The van der Waals surface area contributed by atoms with Crippen molar-refractivity contribution in [2.45, 2.75) is 6.04 Å². The zero-order valence-corrected chi connectivity index (χ0v) is 7.80. The Labute approximate surface area is 86.5 Å². The topological polar surface area (TPSA) is 35.8 Å². The molecule has 0 spiro atoms. The molecule has 0 saturated heterocycles. The monoisotopic (exact) mass is 206 g/mol. The molecule has 0 aliphatic carbocycles.